The lowest BCUT2D eigenvalue weighted by atomic mass is 10.1. The normalized spacial score (nSPS) is 11.2. The van der Waals surface area contributed by atoms with Crippen LogP contribution in [0, 0.1) is 0 Å². The van der Waals surface area contributed by atoms with Gasteiger partial charge in [0.2, 0.25) is 0 Å². The topological polar surface area (TPSA) is 60.4 Å². The lowest BCUT2D eigenvalue weighted by Gasteiger charge is -2.08. The summed E-state index contributed by atoms with van der Waals surface area (Å²) in [6.07, 6.45) is 1.14. The molecule has 2 aromatic carbocycles. The molecule has 0 spiro atoms. The van der Waals surface area contributed by atoms with Crippen molar-refractivity contribution in [2.75, 3.05) is 6.26 Å². The molecule has 0 heterocycles. The molecule has 0 radical (unpaired) electrons. The molecule has 2 rings (SSSR count). The van der Waals surface area contributed by atoms with Crippen molar-refractivity contribution in [1.82, 2.24) is 0 Å². The van der Waals surface area contributed by atoms with Gasteiger partial charge in [-0.05, 0) is 43.3 Å². The zero-order valence-corrected chi connectivity index (χ0v) is 13.0. The lowest BCUT2D eigenvalue weighted by Crippen LogP contribution is -1.96. The third-order valence-corrected chi connectivity index (χ3v) is 4.25. The summed E-state index contributed by atoms with van der Waals surface area (Å²) in [6, 6.07) is 10.8. The summed E-state index contributed by atoms with van der Waals surface area (Å²) in [4.78, 5) is 11.5. The summed E-state index contributed by atoms with van der Waals surface area (Å²) in [7, 11) is -3.23. The van der Waals surface area contributed by atoms with Gasteiger partial charge in [-0.1, -0.05) is 11.6 Å². The summed E-state index contributed by atoms with van der Waals surface area (Å²) >= 11 is 6.00. The van der Waals surface area contributed by atoms with Gasteiger partial charge in [0.15, 0.2) is 15.6 Å². The van der Waals surface area contributed by atoms with Crippen LogP contribution in [0.25, 0.3) is 0 Å². The summed E-state index contributed by atoms with van der Waals surface area (Å²) < 4.78 is 28.3. The van der Waals surface area contributed by atoms with Crippen molar-refractivity contribution >= 4 is 27.2 Å². The molecule has 0 aliphatic heterocycles. The van der Waals surface area contributed by atoms with Crippen LogP contribution in [0.15, 0.2) is 47.4 Å². The second-order valence-electron chi connectivity index (χ2n) is 4.54. The molecule has 0 saturated heterocycles. The highest BCUT2D eigenvalue weighted by Gasteiger charge is 2.09. The van der Waals surface area contributed by atoms with Gasteiger partial charge in [0.25, 0.3) is 0 Å². The molecule has 0 amide bonds. The zero-order valence-electron chi connectivity index (χ0n) is 11.5. The Labute approximate surface area is 128 Å². The van der Waals surface area contributed by atoms with Crippen LogP contribution in [0.2, 0.25) is 5.02 Å². The molecule has 0 saturated carbocycles. The predicted octanol–water partition coefficient (Wildman–Crippen LogP) is 3.74. The number of Topliss-reactive ketones (excluding diaryl/α,β-unsaturated/α-hetero) is 1. The first kappa shape index (κ1) is 15.5. The smallest absolute Gasteiger partial charge is 0.175 e. The maximum absolute atomic E-state index is 11.4. The van der Waals surface area contributed by atoms with E-state index >= 15 is 0 Å². The zero-order chi connectivity index (χ0) is 15.6. The minimum atomic E-state index is -3.23. The van der Waals surface area contributed by atoms with E-state index in [1.807, 2.05) is 0 Å². The highest BCUT2D eigenvalue weighted by molar-refractivity contribution is 7.90. The van der Waals surface area contributed by atoms with E-state index in [0.717, 1.165) is 6.26 Å². The van der Waals surface area contributed by atoms with Crippen molar-refractivity contribution in [3.05, 3.63) is 53.1 Å². The second kappa shape index (κ2) is 5.87. The van der Waals surface area contributed by atoms with E-state index in [2.05, 4.69) is 0 Å². The molecule has 0 bridgehead atoms. The van der Waals surface area contributed by atoms with Crippen LogP contribution in [0.3, 0.4) is 0 Å². The fraction of sp³-hybridized carbons (Fsp3) is 0.133. The van der Waals surface area contributed by atoms with Crippen LogP contribution in [0.1, 0.15) is 17.3 Å². The number of sulfone groups is 1. The summed E-state index contributed by atoms with van der Waals surface area (Å²) in [6.45, 7) is 1.44. The minimum absolute atomic E-state index is 0.121. The van der Waals surface area contributed by atoms with Crippen molar-refractivity contribution in [3.63, 3.8) is 0 Å². The molecule has 0 aliphatic carbocycles. The van der Waals surface area contributed by atoms with Crippen LogP contribution in [-0.2, 0) is 9.84 Å². The number of benzene rings is 2. The SMILES string of the molecule is CC(=O)c1ccc(Oc2ccc(S(C)(=O)=O)cc2)cc1Cl. The highest BCUT2D eigenvalue weighted by Crippen LogP contribution is 2.27. The van der Waals surface area contributed by atoms with Crippen LogP contribution in [-0.4, -0.2) is 20.5 Å². The first-order chi connectivity index (χ1) is 9.77. The second-order valence-corrected chi connectivity index (χ2v) is 6.97. The third kappa shape index (κ3) is 3.83. The van der Waals surface area contributed by atoms with Gasteiger partial charge in [0, 0.05) is 17.9 Å². The molecular weight excluding hydrogens is 312 g/mol. The largest absolute Gasteiger partial charge is 0.457 e. The summed E-state index contributed by atoms with van der Waals surface area (Å²) in [5, 5.41) is 0.313. The van der Waals surface area contributed by atoms with Crippen molar-refractivity contribution in [3.8, 4) is 11.5 Å². The Morgan fingerprint density at radius 3 is 2.10 bits per heavy atom. The average Bonchev–Trinajstić information content (AvgIpc) is 2.38. The summed E-state index contributed by atoms with van der Waals surface area (Å²) in [5.74, 6) is 0.829. The molecule has 0 unspecified atom stereocenters. The van der Waals surface area contributed by atoms with E-state index < -0.39 is 9.84 Å². The Bertz CT molecular complexity index is 780. The van der Waals surface area contributed by atoms with Gasteiger partial charge in [0.05, 0.1) is 9.92 Å². The van der Waals surface area contributed by atoms with Crippen LogP contribution in [0.4, 0.5) is 0 Å². The van der Waals surface area contributed by atoms with Crippen LogP contribution in [0.5, 0.6) is 11.5 Å². The van der Waals surface area contributed by atoms with Crippen molar-refractivity contribution in [2.45, 2.75) is 11.8 Å². The van der Waals surface area contributed by atoms with E-state index in [4.69, 9.17) is 16.3 Å². The molecule has 0 aromatic heterocycles. The monoisotopic (exact) mass is 324 g/mol. The molecule has 110 valence electrons. The molecule has 6 heteroatoms. The maximum Gasteiger partial charge on any atom is 0.175 e. The van der Waals surface area contributed by atoms with Crippen LogP contribution < -0.4 is 4.74 Å². The van der Waals surface area contributed by atoms with Gasteiger partial charge >= 0.3 is 0 Å². The van der Waals surface area contributed by atoms with Gasteiger partial charge in [-0.25, -0.2) is 8.42 Å². The molecule has 2 aromatic rings. The molecule has 0 N–H and O–H groups in total. The van der Waals surface area contributed by atoms with Gasteiger partial charge in [0.1, 0.15) is 11.5 Å². The molecular formula is C15H13ClO4S. The Hall–Kier alpha value is -1.85. The van der Waals surface area contributed by atoms with E-state index in [-0.39, 0.29) is 10.7 Å². The minimum Gasteiger partial charge on any atom is -0.457 e. The fourth-order valence-corrected chi connectivity index (χ4v) is 2.67. The summed E-state index contributed by atoms with van der Waals surface area (Å²) in [5.41, 5.74) is 0.427. The van der Waals surface area contributed by atoms with Crippen molar-refractivity contribution in [2.24, 2.45) is 0 Å². The highest BCUT2D eigenvalue weighted by atomic mass is 35.5. The van der Waals surface area contributed by atoms with E-state index in [0.29, 0.717) is 22.1 Å². The van der Waals surface area contributed by atoms with Gasteiger partial charge < -0.3 is 4.74 Å². The molecule has 0 fully saturated rings. The number of halogens is 1. The lowest BCUT2D eigenvalue weighted by molar-refractivity contribution is 0.101. The predicted molar refractivity (Wildman–Crippen MR) is 81.1 cm³/mol. The van der Waals surface area contributed by atoms with Crippen molar-refractivity contribution in [1.29, 1.82) is 0 Å². The Morgan fingerprint density at radius 1 is 1.05 bits per heavy atom. The maximum atomic E-state index is 11.4. The van der Waals surface area contributed by atoms with E-state index in [9.17, 15) is 13.2 Å². The van der Waals surface area contributed by atoms with Gasteiger partial charge in [-0.3, -0.25) is 4.79 Å². The van der Waals surface area contributed by atoms with Crippen molar-refractivity contribution < 1.29 is 17.9 Å². The number of carbonyl (C=O) groups is 1. The van der Waals surface area contributed by atoms with E-state index in [1.165, 1.54) is 19.1 Å². The quantitative estimate of drug-likeness (QED) is 0.804. The number of carbonyl (C=O) groups excluding carboxylic acids is 1. The number of hydrogen-bond acceptors (Lipinski definition) is 4. The Kier molecular flexibility index (Phi) is 4.34. The van der Waals surface area contributed by atoms with E-state index in [1.54, 1.807) is 30.3 Å². The third-order valence-electron chi connectivity index (χ3n) is 2.81. The number of rotatable bonds is 4. The number of hydrogen-bond donors (Lipinski definition) is 0. The Morgan fingerprint density at radius 2 is 1.62 bits per heavy atom. The fourth-order valence-electron chi connectivity index (χ4n) is 1.74. The first-order valence-electron chi connectivity index (χ1n) is 6.06. The number of ketones is 1. The molecule has 0 atom stereocenters. The first-order valence-corrected chi connectivity index (χ1v) is 8.33. The van der Waals surface area contributed by atoms with Gasteiger partial charge in [-0.15, -0.1) is 0 Å². The Balaban J connectivity index is 2.23. The average molecular weight is 325 g/mol. The molecule has 0 aliphatic rings. The molecule has 4 nitrogen and oxygen atoms in total. The van der Waals surface area contributed by atoms with Crippen LogP contribution >= 0.6 is 11.6 Å². The number of ether oxygens (including phenoxy) is 1. The standard InChI is InChI=1S/C15H13ClO4S/c1-10(17)14-8-5-12(9-15(14)16)20-11-3-6-13(7-4-11)21(2,18)19/h3-9H,1-2H3. The van der Waals surface area contributed by atoms with Gasteiger partial charge in [-0.2, -0.15) is 0 Å². The molecule has 21 heavy (non-hydrogen) atoms.